The van der Waals surface area contributed by atoms with Gasteiger partial charge in [0.2, 0.25) is 0 Å². The molecule has 0 spiro atoms. The predicted octanol–water partition coefficient (Wildman–Crippen LogP) is 3.74. The number of rotatable bonds is 4. The lowest BCUT2D eigenvalue weighted by atomic mass is 9.93. The number of pyridine rings is 1. The molecule has 6 nitrogen and oxygen atoms in total. The first kappa shape index (κ1) is 22.9. The van der Waals surface area contributed by atoms with Crippen molar-refractivity contribution in [2.75, 3.05) is 37.6 Å². The lowest BCUT2D eigenvalue weighted by Crippen LogP contribution is -2.52. The summed E-state index contributed by atoms with van der Waals surface area (Å²) in [5.41, 5.74) is 1.23. The highest BCUT2D eigenvalue weighted by Gasteiger charge is 2.21. The third-order valence-electron chi connectivity index (χ3n) is 4.57. The Morgan fingerprint density at radius 3 is 2.54 bits per heavy atom. The van der Waals surface area contributed by atoms with Gasteiger partial charge in [-0.25, -0.2) is 15.0 Å². The molecule has 3 heterocycles. The van der Waals surface area contributed by atoms with Gasteiger partial charge in [-0.15, -0.1) is 35.3 Å². The smallest absolute Gasteiger partial charge is 0.194 e. The fourth-order valence-corrected chi connectivity index (χ4v) is 3.93. The second kappa shape index (κ2) is 10.4. The van der Waals surface area contributed by atoms with Crippen LogP contribution < -0.4 is 10.2 Å². The van der Waals surface area contributed by atoms with E-state index in [4.69, 9.17) is 9.98 Å². The number of nitrogens with one attached hydrogen (secondary N) is 1. The van der Waals surface area contributed by atoms with E-state index in [0.29, 0.717) is 6.54 Å². The molecular formula is C20H31IN6S. The highest BCUT2D eigenvalue weighted by atomic mass is 127. The fraction of sp³-hybridized carbons (Fsp3) is 0.550. The van der Waals surface area contributed by atoms with Crippen LogP contribution in [0.1, 0.15) is 38.4 Å². The molecule has 3 rings (SSSR count). The second-order valence-corrected chi connectivity index (χ2v) is 8.65. The average Bonchev–Trinajstić information content (AvgIpc) is 3.16. The highest BCUT2D eigenvalue weighted by molar-refractivity contribution is 14.0. The highest BCUT2D eigenvalue weighted by Crippen LogP contribution is 2.24. The van der Waals surface area contributed by atoms with Crippen molar-refractivity contribution < 1.29 is 0 Å². The van der Waals surface area contributed by atoms with Gasteiger partial charge in [-0.3, -0.25) is 0 Å². The number of piperazine rings is 1. The predicted molar refractivity (Wildman–Crippen MR) is 129 cm³/mol. The molecule has 1 N–H and O–H groups in total. The maximum Gasteiger partial charge on any atom is 0.194 e. The van der Waals surface area contributed by atoms with Crippen molar-refractivity contribution in [2.45, 2.75) is 39.7 Å². The zero-order valence-corrected chi connectivity index (χ0v) is 20.3. The van der Waals surface area contributed by atoms with Crippen LogP contribution in [0, 0.1) is 0 Å². The van der Waals surface area contributed by atoms with Crippen LogP contribution in [0.15, 0.2) is 34.8 Å². The molecule has 1 saturated heterocycles. The Morgan fingerprint density at radius 2 is 1.96 bits per heavy atom. The summed E-state index contributed by atoms with van der Waals surface area (Å²) in [7, 11) is 0. The summed E-state index contributed by atoms with van der Waals surface area (Å²) in [5.74, 6) is 2.03. The Hall–Kier alpha value is -1.42. The zero-order valence-electron chi connectivity index (χ0n) is 17.2. The first-order valence-electron chi connectivity index (χ1n) is 9.61. The summed E-state index contributed by atoms with van der Waals surface area (Å²) in [6, 6.07) is 6.07. The molecular weight excluding hydrogens is 483 g/mol. The Morgan fingerprint density at radius 1 is 1.21 bits per heavy atom. The van der Waals surface area contributed by atoms with Crippen LogP contribution >= 0.6 is 35.3 Å². The van der Waals surface area contributed by atoms with E-state index in [9.17, 15) is 0 Å². The number of hydrogen-bond donors (Lipinski definition) is 1. The molecule has 1 aliphatic heterocycles. The van der Waals surface area contributed by atoms with Gasteiger partial charge in [-0.1, -0.05) is 26.8 Å². The van der Waals surface area contributed by atoms with Crippen LogP contribution in [-0.2, 0) is 12.0 Å². The number of hydrogen-bond acceptors (Lipinski definition) is 5. The maximum atomic E-state index is 4.85. The molecule has 0 aromatic carbocycles. The summed E-state index contributed by atoms with van der Waals surface area (Å²) in [5, 5.41) is 6.66. The molecule has 154 valence electrons. The van der Waals surface area contributed by atoms with Gasteiger partial charge in [0.05, 0.1) is 12.2 Å². The van der Waals surface area contributed by atoms with Crippen molar-refractivity contribution in [2.24, 2.45) is 4.99 Å². The normalized spacial score (nSPS) is 15.4. The summed E-state index contributed by atoms with van der Waals surface area (Å²) in [6.07, 6.45) is 1.85. The summed E-state index contributed by atoms with van der Waals surface area (Å²) >= 11 is 1.70. The molecule has 1 aliphatic rings. The molecule has 0 bridgehead atoms. The van der Waals surface area contributed by atoms with Crippen LogP contribution in [0.4, 0.5) is 5.82 Å². The molecule has 0 unspecified atom stereocenters. The van der Waals surface area contributed by atoms with Gasteiger partial charge in [0.1, 0.15) is 10.8 Å². The number of aromatic nitrogens is 2. The molecule has 1 fully saturated rings. The van der Waals surface area contributed by atoms with Gasteiger partial charge in [0.25, 0.3) is 0 Å². The topological polar surface area (TPSA) is 56.7 Å². The standard InChI is InChI=1S/C20H30N6S.HI/c1-5-21-19(23-14-18-24-16(15-27-18)20(2,3)4)26-12-10-25(11-13-26)17-8-6-7-9-22-17;/h6-9,15H,5,10-14H2,1-4H3,(H,21,23);1H. The monoisotopic (exact) mass is 514 g/mol. The third-order valence-corrected chi connectivity index (χ3v) is 5.41. The van der Waals surface area contributed by atoms with Crippen molar-refractivity contribution >= 4 is 47.1 Å². The molecule has 2 aromatic rings. The second-order valence-electron chi connectivity index (χ2n) is 7.71. The van der Waals surface area contributed by atoms with Gasteiger partial charge in [0, 0.05) is 49.7 Å². The van der Waals surface area contributed by atoms with Crippen molar-refractivity contribution in [3.8, 4) is 0 Å². The minimum absolute atomic E-state index is 0. The molecule has 0 saturated carbocycles. The van der Waals surface area contributed by atoms with E-state index in [0.717, 1.165) is 55.2 Å². The molecule has 0 aliphatic carbocycles. The number of anilines is 1. The van der Waals surface area contributed by atoms with E-state index >= 15 is 0 Å². The van der Waals surface area contributed by atoms with Gasteiger partial charge < -0.3 is 15.1 Å². The zero-order chi connectivity index (χ0) is 19.3. The largest absolute Gasteiger partial charge is 0.357 e. The summed E-state index contributed by atoms with van der Waals surface area (Å²) in [4.78, 5) is 18.7. The van der Waals surface area contributed by atoms with Gasteiger partial charge in [-0.05, 0) is 19.1 Å². The molecule has 0 atom stereocenters. The Balaban J connectivity index is 0.00000280. The van der Waals surface area contributed by atoms with Crippen molar-refractivity contribution in [3.05, 3.63) is 40.5 Å². The first-order chi connectivity index (χ1) is 13.0. The maximum absolute atomic E-state index is 4.85. The van der Waals surface area contributed by atoms with Gasteiger partial charge >= 0.3 is 0 Å². The van der Waals surface area contributed by atoms with E-state index < -0.39 is 0 Å². The summed E-state index contributed by atoms with van der Waals surface area (Å²) < 4.78 is 0. The average molecular weight is 514 g/mol. The SMILES string of the molecule is CCNC(=NCc1nc(C(C)(C)C)cs1)N1CCN(c2ccccn2)CC1.I. The van der Waals surface area contributed by atoms with E-state index in [1.807, 2.05) is 18.3 Å². The number of thiazole rings is 1. The molecule has 0 radical (unpaired) electrons. The van der Waals surface area contributed by atoms with Gasteiger partial charge in [-0.2, -0.15) is 0 Å². The Labute approximate surface area is 189 Å². The molecule has 0 amide bonds. The molecule has 28 heavy (non-hydrogen) atoms. The quantitative estimate of drug-likeness (QED) is 0.383. The van der Waals surface area contributed by atoms with E-state index in [-0.39, 0.29) is 29.4 Å². The van der Waals surface area contributed by atoms with Crippen LogP contribution in [0.25, 0.3) is 0 Å². The molecule has 2 aromatic heterocycles. The van der Waals surface area contributed by atoms with Crippen molar-refractivity contribution in [3.63, 3.8) is 0 Å². The van der Waals surface area contributed by atoms with E-state index in [1.165, 1.54) is 0 Å². The minimum atomic E-state index is 0. The third kappa shape index (κ3) is 6.04. The van der Waals surface area contributed by atoms with Crippen molar-refractivity contribution in [1.82, 2.24) is 20.2 Å². The van der Waals surface area contributed by atoms with Crippen LogP contribution in [0.2, 0.25) is 0 Å². The number of halogens is 1. The number of aliphatic imine (C=N–C) groups is 1. The van der Waals surface area contributed by atoms with E-state index in [1.54, 1.807) is 11.3 Å². The Kier molecular flexibility index (Phi) is 8.48. The van der Waals surface area contributed by atoms with Gasteiger partial charge in [0.15, 0.2) is 5.96 Å². The lowest BCUT2D eigenvalue weighted by molar-refractivity contribution is 0.371. The fourth-order valence-electron chi connectivity index (χ4n) is 2.98. The van der Waals surface area contributed by atoms with Crippen LogP contribution in [0.3, 0.4) is 0 Å². The number of guanidine groups is 1. The number of nitrogens with zero attached hydrogens (tertiary/aromatic N) is 5. The van der Waals surface area contributed by atoms with Crippen molar-refractivity contribution in [1.29, 1.82) is 0 Å². The van der Waals surface area contributed by atoms with E-state index in [2.05, 4.69) is 59.2 Å². The Bertz CT molecular complexity index is 748. The van der Waals surface area contributed by atoms with Crippen LogP contribution in [0.5, 0.6) is 0 Å². The van der Waals surface area contributed by atoms with Crippen LogP contribution in [-0.4, -0.2) is 53.6 Å². The first-order valence-corrected chi connectivity index (χ1v) is 10.5. The minimum Gasteiger partial charge on any atom is -0.357 e. The lowest BCUT2D eigenvalue weighted by Gasteiger charge is -2.37. The molecule has 8 heteroatoms. The summed E-state index contributed by atoms with van der Waals surface area (Å²) in [6.45, 7) is 14.0.